The number of aryl methyl sites for hydroxylation is 1. The molecule has 1 atom stereocenters. The van der Waals surface area contributed by atoms with E-state index in [1.807, 2.05) is 48.8 Å². The number of hydrogen-bond donors (Lipinski definition) is 1. The number of ether oxygens (including phenoxy) is 1. The number of nitrogens with zero attached hydrogens (tertiary/aromatic N) is 3. The molecule has 0 spiro atoms. The number of carbonyl (C=O) groups excluding carboxylic acids is 1. The first kappa shape index (κ1) is 22.4. The van der Waals surface area contributed by atoms with Crippen LogP contribution in [0.15, 0.2) is 42.1 Å². The van der Waals surface area contributed by atoms with Gasteiger partial charge in [-0.15, -0.1) is 16.8 Å². The number of amides is 1. The minimum absolute atomic E-state index is 0.0609. The van der Waals surface area contributed by atoms with E-state index in [0.717, 1.165) is 30.0 Å². The van der Waals surface area contributed by atoms with Crippen molar-refractivity contribution in [2.45, 2.75) is 76.2 Å². The van der Waals surface area contributed by atoms with Crippen LogP contribution in [0.3, 0.4) is 0 Å². The Kier molecular flexibility index (Phi) is 8.37. The van der Waals surface area contributed by atoms with Crippen LogP contribution >= 0.6 is 11.8 Å². The van der Waals surface area contributed by atoms with Crippen LogP contribution in [0.4, 0.5) is 0 Å². The lowest BCUT2D eigenvalue weighted by molar-refractivity contribution is -0.119. The van der Waals surface area contributed by atoms with Crippen molar-refractivity contribution in [2.75, 3.05) is 5.75 Å². The summed E-state index contributed by atoms with van der Waals surface area (Å²) in [4.78, 5) is 12.5. The molecule has 1 aliphatic rings. The molecule has 1 unspecified atom stereocenters. The Morgan fingerprint density at radius 1 is 1.30 bits per heavy atom. The molecule has 1 aromatic carbocycles. The van der Waals surface area contributed by atoms with Gasteiger partial charge in [-0.1, -0.05) is 61.7 Å². The topological polar surface area (TPSA) is 69.0 Å². The van der Waals surface area contributed by atoms with E-state index in [1.54, 1.807) is 0 Å². The number of carbonyl (C=O) groups is 1. The third kappa shape index (κ3) is 6.11. The summed E-state index contributed by atoms with van der Waals surface area (Å²) < 4.78 is 8.10. The number of nitrogens with one attached hydrogen (secondary N) is 1. The van der Waals surface area contributed by atoms with Crippen molar-refractivity contribution < 1.29 is 9.53 Å². The zero-order valence-corrected chi connectivity index (χ0v) is 18.8. The van der Waals surface area contributed by atoms with Gasteiger partial charge in [0.25, 0.3) is 0 Å². The van der Waals surface area contributed by atoms with Crippen molar-refractivity contribution in [3.63, 3.8) is 0 Å². The SMILES string of the molecule is C=CCn1c(SCC(=O)NC2CCCCCC2)nnc1C(C)Oc1ccccc1C. The fourth-order valence-electron chi connectivity index (χ4n) is 3.76. The molecule has 30 heavy (non-hydrogen) atoms. The van der Waals surface area contributed by atoms with Crippen LogP contribution < -0.4 is 10.1 Å². The summed E-state index contributed by atoms with van der Waals surface area (Å²) in [5.74, 6) is 1.95. The molecular weight excluding hydrogens is 396 g/mol. The molecule has 1 fully saturated rings. The van der Waals surface area contributed by atoms with Gasteiger partial charge in [-0.25, -0.2) is 0 Å². The Balaban J connectivity index is 1.62. The minimum Gasteiger partial charge on any atom is -0.482 e. The van der Waals surface area contributed by atoms with Crippen molar-refractivity contribution in [1.29, 1.82) is 0 Å². The van der Waals surface area contributed by atoms with Gasteiger partial charge in [0.15, 0.2) is 17.1 Å². The molecule has 1 aliphatic carbocycles. The highest BCUT2D eigenvalue weighted by Gasteiger charge is 2.21. The van der Waals surface area contributed by atoms with Gasteiger partial charge in [-0.05, 0) is 38.3 Å². The van der Waals surface area contributed by atoms with Crippen LogP contribution in [0.2, 0.25) is 0 Å². The van der Waals surface area contributed by atoms with E-state index in [4.69, 9.17) is 4.74 Å². The van der Waals surface area contributed by atoms with Crippen molar-refractivity contribution in [3.05, 3.63) is 48.3 Å². The van der Waals surface area contributed by atoms with Gasteiger partial charge in [-0.2, -0.15) is 0 Å². The Morgan fingerprint density at radius 3 is 2.73 bits per heavy atom. The summed E-state index contributed by atoms with van der Waals surface area (Å²) in [7, 11) is 0. The average molecular weight is 429 g/mol. The number of rotatable bonds is 9. The van der Waals surface area contributed by atoms with Crippen molar-refractivity contribution in [3.8, 4) is 5.75 Å². The lowest BCUT2D eigenvalue weighted by atomic mass is 10.1. The van der Waals surface area contributed by atoms with E-state index >= 15 is 0 Å². The molecule has 1 saturated carbocycles. The van der Waals surface area contributed by atoms with Gasteiger partial charge in [0.1, 0.15) is 5.75 Å². The van der Waals surface area contributed by atoms with E-state index in [1.165, 1.54) is 37.4 Å². The van der Waals surface area contributed by atoms with Crippen LogP contribution in [0.1, 0.15) is 62.9 Å². The first-order chi connectivity index (χ1) is 14.6. The van der Waals surface area contributed by atoms with Gasteiger partial charge in [-0.3, -0.25) is 9.36 Å². The molecule has 1 N–H and O–H groups in total. The first-order valence-corrected chi connectivity index (χ1v) is 11.8. The van der Waals surface area contributed by atoms with E-state index < -0.39 is 0 Å². The van der Waals surface area contributed by atoms with E-state index in [9.17, 15) is 4.79 Å². The normalized spacial score (nSPS) is 15.9. The van der Waals surface area contributed by atoms with Gasteiger partial charge in [0.2, 0.25) is 5.91 Å². The zero-order valence-electron chi connectivity index (χ0n) is 18.0. The second kappa shape index (κ2) is 11.2. The van der Waals surface area contributed by atoms with E-state index in [-0.39, 0.29) is 12.0 Å². The van der Waals surface area contributed by atoms with Crippen LogP contribution in [-0.4, -0.2) is 32.5 Å². The highest BCUT2D eigenvalue weighted by molar-refractivity contribution is 7.99. The Labute approximate surface area is 183 Å². The summed E-state index contributed by atoms with van der Waals surface area (Å²) >= 11 is 1.41. The second-order valence-electron chi connectivity index (χ2n) is 7.81. The summed E-state index contributed by atoms with van der Waals surface area (Å²) in [6.07, 6.45) is 8.66. The Morgan fingerprint density at radius 2 is 2.03 bits per heavy atom. The third-order valence-corrected chi connectivity index (χ3v) is 6.34. The number of thioether (sulfide) groups is 1. The molecule has 1 heterocycles. The monoisotopic (exact) mass is 428 g/mol. The van der Waals surface area contributed by atoms with Gasteiger partial charge < -0.3 is 10.1 Å². The number of hydrogen-bond acceptors (Lipinski definition) is 5. The molecule has 0 bridgehead atoms. The molecule has 0 radical (unpaired) electrons. The smallest absolute Gasteiger partial charge is 0.230 e. The van der Waals surface area contributed by atoms with Crippen LogP contribution in [-0.2, 0) is 11.3 Å². The zero-order chi connectivity index (χ0) is 21.3. The second-order valence-corrected chi connectivity index (χ2v) is 8.75. The quantitative estimate of drug-likeness (QED) is 0.351. The molecule has 1 amide bonds. The van der Waals surface area contributed by atoms with E-state index in [2.05, 4.69) is 22.1 Å². The lowest BCUT2D eigenvalue weighted by Gasteiger charge is -2.17. The number of aromatic nitrogens is 3. The highest BCUT2D eigenvalue weighted by Crippen LogP contribution is 2.26. The predicted molar refractivity (Wildman–Crippen MR) is 121 cm³/mol. The molecule has 6 nitrogen and oxygen atoms in total. The van der Waals surface area contributed by atoms with Crippen LogP contribution in [0, 0.1) is 6.92 Å². The minimum atomic E-state index is -0.271. The molecule has 7 heteroatoms. The maximum absolute atomic E-state index is 12.5. The van der Waals surface area contributed by atoms with Crippen molar-refractivity contribution in [1.82, 2.24) is 20.1 Å². The standard InChI is InChI=1S/C23H32N4O2S/c1-4-15-27-22(18(3)29-20-14-10-9-11-17(20)2)25-26-23(27)30-16-21(28)24-19-12-7-5-6-8-13-19/h4,9-11,14,18-19H,1,5-8,12-13,15-16H2,2-3H3,(H,24,28). The first-order valence-electron chi connectivity index (χ1n) is 10.8. The molecule has 3 rings (SSSR count). The summed E-state index contributed by atoms with van der Waals surface area (Å²) in [6, 6.07) is 8.22. The van der Waals surface area contributed by atoms with Gasteiger partial charge in [0, 0.05) is 12.6 Å². The van der Waals surface area contributed by atoms with Crippen LogP contribution in [0.5, 0.6) is 5.75 Å². The van der Waals surface area contributed by atoms with Gasteiger partial charge >= 0.3 is 0 Å². The average Bonchev–Trinajstić information content (AvgIpc) is 2.95. The van der Waals surface area contributed by atoms with Crippen LogP contribution in [0.25, 0.3) is 0 Å². The summed E-state index contributed by atoms with van der Waals surface area (Å²) in [5.41, 5.74) is 1.07. The van der Waals surface area contributed by atoms with Crippen molar-refractivity contribution >= 4 is 17.7 Å². The highest BCUT2D eigenvalue weighted by atomic mass is 32.2. The summed E-state index contributed by atoms with van der Waals surface area (Å²) in [5, 5.41) is 12.6. The Bertz CT molecular complexity index is 843. The third-order valence-electron chi connectivity index (χ3n) is 5.37. The largest absolute Gasteiger partial charge is 0.482 e. The molecule has 0 aliphatic heterocycles. The molecule has 1 aromatic heterocycles. The number of para-hydroxylation sites is 1. The Hall–Kier alpha value is -2.28. The maximum atomic E-state index is 12.5. The molecule has 0 saturated heterocycles. The lowest BCUT2D eigenvalue weighted by Crippen LogP contribution is -2.35. The number of benzene rings is 1. The molecule has 2 aromatic rings. The molecule has 162 valence electrons. The fourth-order valence-corrected chi connectivity index (χ4v) is 4.53. The number of allylic oxidation sites excluding steroid dienone is 1. The summed E-state index contributed by atoms with van der Waals surface area (Å²) in [6.45, 7) is 8.40. The predicted octanol–water partition coefficient (Wildman–Crippen LogP) is 4.84. The fraction of sp³-hybridized carbons (Fsp3) is 0.522. The van der Waals surface area contributed by atoms with Crippen molar-refractivity contribution in [2.24, 2.45) is 0 Å². The maximum Gasteiger partial charge on any atom is 0.230 e. The van der Waals surface area contributed by atoms with E-state index in [0.29, 0.717) is 23.5 Å². The van der Waals surface area contributed by atoms with Gasteiger partial charge in [0.05, 0.1) is 5.75 Å². The molecular formula is C23H32N4O2S.